The fourth-order valence-electron chi connectivity index (χ4n) is 6.09. The van der Waals surface area contributed by atoms with Gasteiger partial charge >= 0.3 is 0 Å². The third-order valence-corrected chi connectivity index (χ3v) is 8.75. The van der Waals surface area contributed by atoms with E-state index in [0.717, 1.165) is 24.1 Å². The lowest BCUT2D eigenvalue weighted by atomic mass is 10.1. The van der Waals surface area contributed by atoms with Crippen LogP contribution in [0.15, 0.2) is 53.1 Å². The molecule has 0 spiro atoms. The third kappa shape index (κ3) is 6.03. The summed E-state index contributed by atoms with van der Waals surface area (Å²) in [5.74, 6) is 1.64. The van der Waals surface area contributed by atoms with E-state index in [-0.39, 0.29) is 29.6 Å². The Kier molecular flexibility index (Phi) is 7.55. The number of hydrogen-bond acceptors (Lipinski definition) is 8. The topological polar surface area (TPSA) is 115 Å². The van der Waals surface area contributed by atoms with Crippen molar-refractivity contribution in [2.24, 2.45) is 5.92 Å². The molecule has 1 saturated carbocycles. The van der Waals surface area contributed by atoms with Crippen molar-refractivity contribution in [2.75, 3.05) is 13.1 Å². The molecule has 2 saturated heterocycles. The number of amides is 2. The number of aromatic nitrogens is 4. The number of halogens is 1. The molecular weight excluding hydrogens is 575 g/mol. The van der Waals surface area contributed by atoms with Crippen molar-refractivity contribution in [3.05, 3.63) is 71.5 Å². The quantitative estimate of drug-likeness (QED) is 0.224. The summed E-state index contributed by atoms with van der Waals surface area (Å²) in [5, 5.41) is 12.6. The van der Waals surface area contributed by atoms with Gasteiger partial charge in [-0.15, -0.1) is 0 Å². The first kappa shape index (κ1) is 29.1. The van der Waals surface area contributed by atoms with Crippen molar-refractivity contribution in [2.45, 2.75) is 70.9 Å². The zero-order valence-corrected chi connectivity index (χ0v) is 25.6. The van der Waals surface area contributed by atoms with E-state index in [4.69, 9.17) is 9.26 Å². The maximum absolute atomic E-state index is 15.4. The molecule has 2 amide bonds. The second kappa shape index (κ2) is 11.7. The van der Waals surface area contributed by atoms with Gasteiger partial charge < -0.3 is 19.1 Å². The molecule has 1 aliphatic carbocycles. The van der Waals surface area contributed by atoms with Gasteiger partial charge in [-0.05, 0) is 55.0 Å². The van der Waals surface area contributed by atoms with Crippen LogP contribution >= 0.6 is 0 Å². The SMILES string of the molecule is CC1CC(=O)N(Cc2ccc(-c3noc(C4CC(=O)N(C5CC5)C4)n3)cc2Oc2ccc(-c3ccc(C(C)C)nn3)c(F)c2)C1. The number of nitrogens with zero attached hydrogens (tertiary/aromatic N) is 6. The third-order valence-electron chi connectivity index (χ3n) is 8.75. The van der Waals surface area contributed by atoms with E-state index < -0.39 is 5.82 Å². The summed E-state index contributed by atoms with van der Waals surface area (Å²) in [6, 6.07) is 14.1. The van der Waals surface area contributed by atoms with Crippen molar-refractivity contribution < 1.29 is 23.2 Å². The van der Waals surface area contributed by atoms with Crippen LogP contribution in [0.1, 0.15) is 75.4 Å². The minimum Gasteiger partial charge on any atom is -0.457 e. The van der Waals surface area contributed by atoms with E-state index in [0.29, 0.717) is 78.6 Å². The van der Waals surface area contributed by atoms with Gasteiger partial charge in [0, 0.05) is 61.3 Å². The lowest BCUT2D eigenvalue weighted by Gasteiger charge is -2.19. The molecule has 0 bridgehead atoms. The van der Waals surface area contributed by atoms with E-state index in [2.05, 4.69) is 27.3 Å². The number of carbonyl (C=O) groups is 2. The molecular formula is C34H35FN6O4. The smallest absolute Gasteiger partial charge is 0.232 e. The maximum atomic E-state index is 15.4. The van der Waals surface area contributed by atoms with Gasteiger partial charge in [-0.1, -0.05) is 38.1 Å². The molecule has 232 valence electrons. The Hall–Kier alpha value is -4.67. The van der Waals surface area contributed by atoms with Gasteiger partial charge in [-0.25, -0.2) is 4.39 Å². The van der Waals surface area contributed by atoms with E-state index in [1.165, 1.54) is 6.07 Å². The number of carbonyl (C=O) groups excluding carboxylic acids is 2. The monoisotopic (exact) mass is 610 g/mol. The second-order valence-electron chi connectivity index (χ2n) is 12.8. The van der Waals surface area contributed by atoms with E-state index >= 15 is 4.39 Å². The van der Waals surface area contributed by atoms with Crippen LogP contribution in [0, 0.1) is 11.7 Å². The van der Waals surface area contributed by atoms with Gasteiger partial charge in [0.1, 0.15) is 17.3 Å². The molecule has 11 heteroatoms. The van der Waals surface area contributed by atoms with Gasteiger partial charge in [0.15, 0.2) is 0 Å². The van der Waals surface area contributed by atoms with Gasteiger partial charge in [-0.3, -0.25) is 9.59 Å². The van der Waals surface area contributed by atoms with Crippen LogP contribution in [0.5, 0.6) is 11.5 Å². The first-order chi connectivity index (χ1) is 21.7. The number of likely N-dealkylation sites (tertiary alicyclic amines) is 2. The van der Waals surface area contributed by atoms with Crippen molar-refractivity contribution in [3.63, 3.8) is 0 Å². The second-order valence-corrected chi connectivity index (χ2v) is 12.8. The molecule has 2 atom stereocenters. The molecule has 0 radical (unpaired) electrons. The summed E-state index contributed by atoms with van der Waals surface area (Å²) in [6.45, 7) is 7.71. The molecule has 2 unspecified atom stereocenters. The van der Waals surface area contributed by atoms with Crippen LogP contribution in [-0.4, -0.2) is 61.1 Å². The van der Waals surface area contributed by atoms with Crippen molar-refractivity contribution in [1.82, 2.24) is 30.1 Å². The van der Waals surface area contributed by atoms with Crippen LogP contribution in [0.25, 0.3) is 22.6 Å². The average Bonchev–Trinajstić information content (AvgIpc) is 3.45. The molecule has 2 aliphatic heterocycles. The molecule has 2 aromatic heterocycles. The van der Waals surface area contributed by atoms with Gasteiger partial charge in [0.2, 0.25) is 23.5 Å². The molecule has 3 fully saturated rings. The zero-order chi connectivity index (χ0) is 31.2. The Labute approximate surface area is 260 Å². The number of benzene rings is 2. The number of hydrogen-bond donors (Lipinski definition) is 0. The Bertz CT molecular complexity index is 1750. The average molecular weight is 611 g/mol. The fraction of sp³-hybridized carbons (Fsp3) is 0.412. The summed E-state index contributed by atoms with van der Waals surface area (Å²) in [4.78, 5) is 33.5. The van der Waals surface area contributed by atoms with E-state index in [9.17, 15) is 9.59 Å². The molecule has 4 heterocycles. The Morgan fingerprint density at radius 1 is 1.00 bits per heavy atom. The highest BCUT2D eigenvalue weighted by Gasteiger charge is 2.41. The molecule has 3 aliphatic rings. The highest BCUT2D eigenvalue weighted by Crippen LogP contribution is 2.38. The normalized spacial score (nSPS) is 20.1. The van der Waals surface area contributed by atoms with Crippen LogP contribution in [0.4, 0.5) is 4.39 Å². The number of rotatable bonds is 9. The van der Waals surface area contributed by atoms with Gasteiger partial charge in [-0.2, -0.15) is 15.2 Å². The largest absolute Gasteiger partial charge is 0.457 e. The zero-order valence-electron chi connectivity index (χ0n) is 25.6. The van der Waals surface area contributed by atoms with Crippen LogP contribution in [-0.2, 0) is 16.1 Å². The van der Waals surface area contributed by atoms with Crippen molar-refractivity contribution >= 4 is 11.8 Å². The summed E-state index contributed by atoms with van der Waals surface area (Å²) in [7, 11) is 0. The summed E-state index contributed by atoms with van der Waals surface area (Å²) < 4.78 is 27.3. The highest BCUT2D eigenvalue weighted by molar-refractivity contribution is 5.80. The van der Waals surface area contributed by atoms with Crippen molar-refractivity contribution in [1.29, 1.82) is 0 Å². The van der Waals surface area contributed by atoms with Gasteiger partial charge in [0.25, 0.3) is 0 Å². The Balaban J connectivity index is 1.16. The maximum Gasteiger partial charge on any atom is 0.232 e. The van der Waals surface area contributed by atoms with Crippen LogP contribution in [0.3, 0.4) is 0 Å². The van der Waals surface area contributed by atoms with Crippen LogP contribution < -0.4 is 4.74 Å². The molecule has 45 heavy (non-hydrogen) atoms. The first-order valence-electron chi connectivity index (χ1n) is 15.6. The molecule has 4 aromatic rings. The van der Waals surface area contributed by atoms with E-state index in [1.54, 1.807) is 24.3 Å². The summed E-state index contributed by atoms with van der Waals surface area (Å²) in [6.07, 6.45) is 2.98. The molecule has 2 aromatic carbocycles. The summed E-state index contributed by atoms with van der Waals surface area (Å²) in [5.41, 5.74) is 3.01. The first-order valence-corrected chi connectivity index (χ1v) is 15.6. The minimum absolute atomic E-state index is 0.0895. The lowest BCUT2D eigenvalue weighted by Crippen LogP contribution is -2.27. The number of ether oxygens (including phenoxy) is 1. The minimum atomic E-state index is -0.491. The predicted octanol–water partition coefficient (Wildman–Crippen LogP) is 6.10. The standard InChI is InChI=1S/C34H35FN6O4/c1-19(2)28-10-11-29(38-37-28)26-9-8-25(15-27(26)35)44-30-13-21(4-5-22(30)17-40-16-20(3)12-31(40)42)33-36-34(45-39-33)23-14-32(43)41(18-23)24-6-7-24/h4-5,8-11,13,15,19-20,23-24H,6-7,12,14,16-18H2,1-3H3. The Morgan fingerprint density at radius 2 is 1.84 bits per heavy atom. The van der Waals surface area contributed by atoms with E-state index in [1.807, 2.05) is 41.8 Å². The highest BCUT2D eigenvalue weighted by atomic mass is 19.1. The fourth-order valence-corrected chi connectivity index (χ4v) is 6.09. The van der Waals surface area contributed by atoms with Crippen molar-refractivity contribution in [3.8, 4) is 34.1 Å². The Morgan fingerprint density at radius 3 is 2.53 bits per heavy atom. The molecule has 0 N–H and O–H groups in total. The lowest BCUT2D eigenvalue weighted by molar-refractivity contribution is -0.129. The molecule has 10 nitrogen and oxygen atoms in total. The van der Waals surface area contributed by atoms with Crippen LogP contribution in [0.2, 0.25) is 0 Å². The molecule has 7 rings (SSSR count). The van der Waals surface area contributed by atoms with Gasteiger partial charge in [0.05, 0.1) is 17.3 Å². The predicted molar refractivity (Wildman–Crippen MR) is 163 cm³/mol. The summed E-state index contributed by atoms with van der Waals surface area (Å²) >= 11 is 0.